The molecule has 0 spiro atoms. The van der Waals surface area contributed by atoms with Gasteiger partial charge in [0.2, 0.25) is 5.95 Å². The second kappa shape index (κ2) is 8.86. The quantitative estimate of drug-likeness (QED) is 0.634. The average Bonchev–Trinajstić information content (AvgIpc) is 3.34. The van der Waals surface area contributed by atoms with E-state index in [1.807, 2.05) is 35.9 Å². The highest BCUT2D eigenvalue weighted by atomic mass is 16.3. The Bertz CT molecular complexity index is 1150. The van der Waals surface area contributed by atoms with E-state index in [-0.39, 0.29) is 17.7 Å². The van der Waals surface area contributed by atoms with Crippen LogP contribution in [-0.2, 0) is 6.42 Å². The van der Waals surface area contributed by atoms with Crippen LogP contribution in [0.25, 0.3) is 11.0 Å². The fourth-order valence-electron chi connectivity index (χ4n) is 4.88. The van der Waals surface area contributed by atoms with Crippen molar-refractivity contribution in [3.8, 4) is 0 Å². The minimum Gasteiger partial charge on any atom is -0.393 e. The largest absolute Gasteiger partial charge is 0.393 e. The number of aliphatic hydroxyl groups excluding tert-OH is 1. The van der Waals surface area contributed by atoms with Crippen molar-refractivity contribution in [2.24, 2.45) is 0 Å². The van der Waals surface area contributed by atoms with Gasteiger partial charge >= 0.3 is 0 Å². The maximum atomic E-state index is 13.1. The molecule has 1 saturated heterocycles. The van der Waals surface area contributed by atoms with Crippen molar-refractivity contribution < 1.29 is 5.11 Å². The molecule has 168 valence electrons. The molecule has 1 aliphatic carbocycles. The third-order valence-corrected chi connectivity index (χ3v) is 6.74. The van der Waals surface area contributed by atoms with Crippen molar-refractivity contribution in [2.45, 2.75) is 64.0 Å². The first-order chi connectivity index (χ1) is 15.6. The zero-order valence-corrected chi connectivity index (χ0v) is 18.5. The lowest BCUT2D eigenvalue weighted by Crippen LogP contribution is -2.35. The SMILES string of the molecule is CCc1cc2cnc(Nc3ccc(N4CCC(O)CC4)cn3)nc2n(C2CCCC2)c1=O. The van der Waals surface area contributed by atoms with Crippen LogP contribution in [0.3, 0.4) is 0 Å². The highest BCUT2D eigenvalue weighted by Gasteiger charge is 2.22. The first kappa shape index (κ1) is 20.9. The van der Waals surface area contributed by atoms with E-state index >= 15 is 0 Å². The molecule has 0 amide bonds. The number of fused-ring (bicyclic) bond motifs is 1. The third kappa shape index (κ3) is 4.07. The highest BCUT2D eigenvalue weighted by molar-refractivity contribution is 5.76. The van der Waals surface area contributed by atoms with Crippen molar-refractivity contribution in [1.29, 1.82) is 0 Å². The number of nitrogens with zero attached hydrogens (tertiary/aromatic N) is 5. The summed E-state index contributed by atoms with van der Waals surface area (Å²) in [6.07, 6.45) is 10.0. The predicted octanol–water partition coefficient (Wildman–Crippen LogP) is 3.57. The molecule has 2 aliphatic rings. The van der Waals surface area contributed by atoms with E-state index in [0.717, 1.165) is 68.3 Å². The molecule has 5 rings (SSSR count). The molecule has 3 aromatic heterocycles. The number of rotatable bonds is 5. The van der Waals surface area contributed by atoms with Crippen molar-refractivity contribution in [3.05, 3.63) is 46.5 Å². The zero-order valence-electron chi connectivity index (χ0n) is 18.5. The molecule has 0 bridgehead atoms. The van der Waals surface area contributed by atoms with Gasteiger partial charge in [-0.1, -0.05) is 19.8 Å². The van der Waals surface area contributed by atoms with E-state index in [9.17, 15) is 9.90 Å². The summed E-state index contributed by atoms with van der Waals surface area (Å²) in [5, 5.41) is 13.8. The molecule has 32 heavy (non-hydrogen) atoms. The van der Waals surface area contributed by atoms with Crippen molar-refractivity contribution in [3.63, 3.8) is 0 Å². The van der Waals surface area contributed by atoms with Crippen molar-refractivity contribution in [1.82, 2.24) is 19.5 Å². The third-order valence-electron chi connectivity index (χ3n) is 6.74. The second-order valence-electron chi connectivity index (χ2n) is 8.85. The molecule has 0 atom stereocenters. The zero-order chi connectivity index (χ0) is 22.1. The molecule has 0 aromatic carbocycles. The van der Waals surface area contributed by atoms with E-state index < -0.39 is 0 Å². The first-order valence-corrected chi connectivity index (χ1v) is 11.7. The van der Waals surface area contributed by atoms with E-state index in [2.05, 4.69) is 20.2 Å². The lowest BCUT2D eigenvalue weighted by atomic mass is 10.1. The van der Waals surface area contributed by atoms with E-state index in [1.165, 1.54) is 0 Å². The van der Waals surface area contributed by atoms with Gasteiger partial charge in [0.15, 0.2) is 0 Å². The number of aliphatic hydroxyl groups is 1. The van der Waals surface area contributed by atoms with Crippen LogP contribution in [0.1, 0.15) is 57.1 Å². The van der Waals surface area contributed by atoms with Crippen molar-refractivity contribution >= 4 is 28.5 Å². The van der Waals surface area contributed by atoms with Crippen LogP contribution in [0, 0.1) is 0 Å². The molecule has 3 aromatic rings. The molecular formula is C24H30N6O2. The van der Waals surface area contributed by atoms with Crippen LogP contribution in [0.2, 0.25) is 0 Å². The first-order valence-electron chi connectivity index (χ1n) is 11.7. The van der Waals surface area contributed by atoms with Crippen LogP contribution in [0.5, 0.6) is 0 Å². The van der Waals surface area contributed by atoms with Crippen LogP contribution in [0.15, 0.2) is 35.4 Å². The van der Waals surface area contributed by atoms with Gasteiger partial charge in [-0.05, 0) is 50.3 Å². The van der Waals surface area contributed by atoms with E-state index in [0.29, 0.717) is 23.8 Å². The molecular weight excluding hydrogens is 404 g/mol. The fourth-order valence-corrected chi connectivity index (χ4v) is 4.88. The smallest absolute Gasteiger partial charge is 0.255 e. The van der Waals surface area contributed by atoms with Gasteiger partial charge in [0.05, 0.1) is 18.0 Å². The Labute approximate surface area is 187 Å². The van der Waals surface area contributed by atoms with Gasteiger partial charge in [-0.3, -0.25) is 9.36 Å². The number of hydrogen-bond donors (Lipinski definition) is 2. The molecule has 1 saturated carbocycles. The highest BCUT2D eigenvalue weighted by Crippen LogP contribution is 2.31. The van der Waals surface area contributed by atoms with Crippen LogP contribution >= 0.6 is 0 Å². The number of piperidine rings is 1. The van der Waals surface area contributed by atoms with Crippen LogP contribution < -0.4 is 15.8 Å². The summed E-state index contributed by atoms with van der Waals surface area (Å²) in [7, 11) is 0. The minimum atomic E-state index is -0.194. The molecule has 0 unspecified atom stereocenters. The molecule has 8 nitrogen and oxygen atoms in total. The summed E-state index contributed by atoms with van der Waals surface area (Å²) in [5.41, 5.74) is 2.63. The lowest BCUT2D eigenvalue weighted by Gasteiger charge is -2.31. The Morgan fingerprint density at radius 3 is 2.56 bits per heavy atom. The van der Waals surface area contributed by atoms with Crippen LogP contribution in [0.4, 0.5) is 17.5 Å². The predicted molar refractivity (Wildman–Crippen MR) is 126 cm³/mol. The van der Waals surface area contributed by atoms with Gasteiger partial charge < -0.3 is 15.3 Å². The Balaban J connectivity index is 1.42. The molecule has 1 aliphatic heterocycles. The number of nitrogens with one attached hydrogen (secondary N) is 1. The summed E-state index contributed by atoms with van der Waals surface area (Å²) in [4.78, 5) is 29.1. The van der Waals surface area contributed by atoms with Gasteiger partial charge in [0, 0.05) is 36.3 Å². The topological polar surface area (TPSA) is 96.2 Å². The molecule has 4 heterocycles. The van der Waals surface area contributed by atoms with Gasteiger partial charge in [0.1, 0.15) is 11.5 Å². The Morgan fingerprint density at radius 1 is 1.09 bits per heavy atom. The number of hydrogen-bond acceptors (Lipinski definition) is 7. The molecule has 2 N–H and O–H groups in total. The average molecular weight is 435 g/mol. The summed E-state index contributed by atoms with van der Waals surface area (Å²) < 4.78 is 1.90. The number of aromatic nitrogens is 4. The summed E-state index contributed by atoms with van der Waals surface area (Å²) >= 11 is 0. The standard InChI is InChI=1S/C24H30N6O2/c1-2-16-13-17-14-26-24(28-22(17)30(23(16)32)18-5-3-4-6-18)27-21-8-7-19(15-25-21)29-11-9-20(31)10-12-29/h7-8,13-15,18,20,31H,2-6,9-12H2,1H3,(H,25,26,27,28). The lowest BCUT2D eigenvalue weighted by molar-refractivity contribution is 0.145. The van der Waals surface area contributed by atoms with Gasteiger partial charge in [0.25, 0.3) is 5.56 Å². The number of pyridine rings is 2. The van der Waals surface area contributed by atoms with Gasteiger partial charge in [-0.15, -0.1) is 0 Å². The number of anilines is 3. The van der Waals surface area contributed by atoms with Gasteiger partial charge in [-0.2, -0.15) is 4.98 Å². The van der Waals surface area contributed by atoms with E-state index in [4.69, 9.17) is 4.98 Å². The molecule has 0 radical (unpaired) electrons. The van der Waals surface area contributed by atoms with Crippen molar-refractivity contribution in [2.75, 3.05) is 23.3 Å². The minimum absolute atomic E-state index is 0.0747. The van der Waals surface area contributed by atoms with Gasteiger partial charge in [-0.25, -0.2) is 9.97 Å². The number of aryl methyl sites for hydroxylation is 1. The summed E-state index contributed by atoms with van der Waals surface area (Å²) in [6, 6.07) is 6.07. The Morgan fingerprint density at radius 2 is 1.88 bits per heavy atom. The monoisotopic (exact) mass is 434 g/mol. The second-order valence-corrected chi connectivity index (χ2v) is 8.85. The Kier molecular flexibility index (Phi) is 5.78. The maximum absolute atomic E-state index is 13.1. The molecule has 8 heteroatoms. The van der Waals surface area contributed by atoms with E-state index in [1.54, 1.807) is 6.20 Å². The summed E-state index contributed by atoms with van der Waals surface area (Å²) in [5.74, 6) is 1.10. The van der Waals surface area contributed by atoms with Crippen LogP contribution in [-0.4, -0.2) is 43.8 Å². The normalized spacial score (nSPS) is 17.9. The Hall–Kier alpha value is -3.00. The maximum Gasteiger partial charge on any atom is 0.255 e. The summed E-state index contributed by atoms with van der Waals surface area (Å²) in [6.45, 7) is 3.68. The molecule has 2 fully saturated rings. The fraction of sp³-hybridized carbons (Fsp3) is 0.500.